The zero-order valence-electron chi connectivity index (χ0n) is 47.5. The number of aromatic nitrogens is 2. The van der Waals surface area contributed by atoms with Crippen LogP contribution in [-0.2, 0) is 54.8 Å². The molecular weight excluding hydrogens is 1030 g/mol. The van der Waals surface area contributed by atoms with E-state index >= 15 is 0 Å². The third-order valence-corrected chi connectivity index (χ3v) is 14.7. The van der Waals surface area contributed by atoms with Gasteiger partial charge in [0.25, 0.3) is 0 Å². The number of carboxylic acids is 1. The van der Waals surface area contributed by atoms with E-state index < -0.39 is 30.4 Å². The van der Waals surface area contributed by atoms with Gasteiger partial charge in [-0.25, -0.2) is 8.78 Å². The van der Waals surface area contributed by atoms with Gasteiger partial charge in [0.1, 0.15) is 17.4 Å². The molecule has 424 valence electrons. The molecule has 4 aromatic carbocycles. The van der Waals surface area contributed by atoms with E-state index in [4.69, 9.17) is 24.5 Å². The fraction of sp³-hybridized carbons (Fsp3) is 0.364. The van der Waals surface area contributed by atoms with Gasteiger partial charge in [-0.1, -0.05) is 125 Å². The molecule has 2 aromatic heterocycles. The minimum atomic E-state index is -1.20. The van der Waals surface area contributed by atoms with Crippen LogP contribution >= 0.6 is 0 Å². The van der Waals surface area contributed by atoms with Gasteiger partial charge < -0.3 is 34.6 Å². The van der Waals surface area contributed by atoms with Gasteiger partial charge in [-0.2, -0.15) is 0 Å². The molecule has 1 fully saturated rings. The number of halogens is 2. The summed E-state index contributed by atoms with van der Waals surface area (Å²) < 4.78 is 40.4. The number of hydrogen-bond acceptors (Lipinski definition) is 10. The molecule has 0 spiro atoms. The van der Waals surface area contributed by atoms with E-state index in [0.717, 1.165) is 84.0 Å². The fourth-order valence-electron chi connectivity index (χ4n) is 11.1. The third-order valence-electron chi connectivity index (χ3n) is 14.7. The van der Waals surface area contributed by atoms with Crippen LogP contribution in [0.15, 0.2) is 109 Å². The lowest BCUT2D eigenvalue weighted by Crippen LogP contribution is -2.44. The summed E-state index contributed by atoms with van der Waals surface area (Å²) in [7, 11) is 0. The Morgan fingerprint density at radius 3 is 1.56 bits per heavy atom. The molecule has 13 nitrogen and oxygen atoms in total. The van der Waals surface area contributed by atoms with Crippen LogP contribution in [0.3, 0.4) is 0 Å². The second-order valence-corrected chi connectivity index (χ2v) is 22.3. The summed E-state index contributed by atoms with van der Waals surface area (Å²) in [5.74, 6) is -2.67. The fourth-order valence-corrected chi connectivity index (χ4v) is 11.1. The predicted molar refractivity (Wildman–Crippen MR) is 309 cm³/mol. The molecule has 2 amide bonds. The maximum atomic E-state index is 14.1. The molecule has 0 aliphatic carbocycles. The van der Waals surface area contributed by atoms with E-state index in [1.165, 1.54) is 37.3 Å². The Bertz CT molecular complexity index is 3370. The monoisotopic (exact) mass is 1100 g/mol. The molecule has 9 rings (SSSR count). The first-order chi connectivity index (χ1) is 38.5. The molecule has 3 aliphatic heterocycles. The SMILES string of the molecule is CC(=O)C[C@H]1C[C@@H](/C=C/c2c(C(C)C)nc3c(c2-c2ccc(F)cc2)CN(C(C)=O)Cc2ccccc2-3)OC(C)(C)O1.CC(=O)N1Cc2ccccc2-c2nc(C(C)C)c(/C=C/[C@@H](O)C[C@@H](O)CC(=O)O)c(-c3ccc(F)cc3)c2C1. The van der Waals surface area contributed by atoms with Crippen molar-refractivity contribution in [2.24, 2.45) is 0 Å². The summed E-state index contributed by atoms with van der Waals surface area (Å²) in [5, 5.41) is 29.5. The number of ketones is 1. The van der Waals surface area contributed by atoms with Crippen molar-refractivity contribution in [3.8, 4) is 44.8 Å². The number of amides is 2. The number of pyridine rings is 2. The number of carbonyl (C=O) groups excluding carboxylic acids is 3. The second-order valence-electron chi connectivity index (χ2n) is 22.3. The predicted octanol–water partition coefficient (Wildman–Crippen LogP) is 12.6. The molecule has 3 N–H and O–H groups in total. The average Bonchev–Trinajstić information content (AvgIpc) is 3.98. The van der Waals surface area contributed by atoms with E-state index in [1.807, 2.05) is 87.2 Å². The van der Waals surface area contributed by atoms with Crippen molar-refractivity contribution in [1.82, 2.24) is 19.8 Å². The summed E-state index contributed by atoms with van der Waals surface area (Å²) in [6, 6.07) is 28.6. The van der Waals surface area contributed by atoms with Gasteiger partial charge in [-0.3, -0.25) is 29.1 Å². The molecule has 3 aliphatic rings. The highest BCUT2D eigenvalue weighted by Gasteiger charge is 2.36. The number of fused-ring (bicyclic) bond motifs is 6. The third kappa shape index (κ3) is 14.3. The van der Waals surface area contributed by atoms with Gasteiger partial charge in [0.15, 0.2) is 5.79 Å². The summed E-state index contributed by atoms with van der Waals surface area (Å²) in [6.07, 6.45) is 4.75. The molecule has 4 atom stereocenters. The number of aliphatic hydroxyl groups is 2. The van der Waals surface area contributed by atoms with Crippen LogP contribution in [0.25, 0.3) is 56.9 Å². The summed E-state index contributed by atoms with van der Waals surface area (Å²) in [5.41, 5.74) is 13.9. The van der Waals surface area contributed by atoms with Gasteiger partial charge in [-0.15, -0.1) is 0 Å². The van der Waals surface area contributed by atoms with Crippen molar-refractivity contribution in [3.63, 3.8) is 0 Å². The Balaban J connectivity index is 0.000000213. The molecule has 5 heterocycles. The van der Waals surface area contributed by atoms with Crippen molar-refractivity contribution >= 4 is 35.7 Å². The Morgan fingerprint density at radius 2 is 1.12 bits per heavy atom. The molecule has 0 unspecified atom stereocenters. The summed E-state index contributed by atoms with van der Waals surface area (Å²) in [6.45, 7) is 18.2. The number of ether oxygens (including phenoxy) is 2. The number of aliphatic carboxylic acids is 1. The Labute approximate surface area is 473 Å². The van der Waals surface area contributed by atoms with Gasteiger partial charge in [-0.05, 0) is 90.3 Å². The number of Topliss-reactive ketones (excluding diaryl/α,β-unsaturated/α-hetero) is 1. The summed E-state index contributed by atoms with van der Waals surface area (Å²) in [4.78, 5) is 62.3. The van der Waals surface area contributed by atoms with E-state index in [1.54, 1.807) is 49.1 Å². The lowest BCUT2D eigenvalue weighted by Gasteiger charge is -2.39. The van der Waals surface area contributed by atoms with E-state index in [2.05, 4.69) is 19.9 Å². The lowest BCUT2D eigenvalue weighted by atomic mass is 9.87. The number of nitrogens with zero attached hydrogens (tertiary/aromatic N) is 4. The molecule has 1 saturated heterocycles. The standard InChI is InChI=1S/C35H39FN2O4.C31H33FN2O5/c1-21(2)33-30(16-15-27-18-28(17-22(3)39)42-35(5,6)41-27)32(24-11-13-26(36)14-12-24)31-20-38(23(4)40)19-25-9-7-8-10-29(25)34(31)37-33;1-18(2)30-26(13-12-23(36)14-24(37)15-28(38)39)29(20-8-10-22(32)11-9-20)27-17-34(19(3)35)16-21-6-4-5-7-25(21)31(27)33-30/h7-16,21,27-28H,17-20H2,1-6H3;4-13,18,23-24,36-37H,14-17H2,1-3H3,(H,38,39)/b16-15+;13-12+/t27-,28+;23-,24-/m11/s1. The molecule has 0 bridgehead atoms. The van der Waals surface area contributed by atoms with Gasteiger partial charge >= 0.3 is 5.97 Å². The van der Waals surface area contributed by atoms with Crippen molar-refractivity contribution in [2.75, 3.05) is 0 Å². The van der Waals surface area contributed by atoms with Crippen molar-refractivity contribution in [1.29, 1.82) is 0 Å². The van der Waals surface area contributed by atoms with Crippen molar-refractivity contribution < 1.29 is 52.8 Å². The largest absolute Gasteiger partial charge is 0.481 e. The lowest BCUT2D eigenvalue weighted by molar-refractivity contribution is -0.289. The molecule has 6 aromatic rings. The van der Waals surface area contributed by atoms with Crippen LogP contribution in [0, 0.1) is 11.6 Å². The number of carboxylic acid groups (broad SMARTS) is 1. The van der Waals surface area contributed by atoms with Crippen LogP contribution in [0.2, 0.25) is 0 Å². The van der Waals surface area contributed by atoms with Crippen LogP contribution in [0.5, 0.6) is 0 Å². The molecule has 0 radical (unpaired) electrons. The van der Waals surface area contributed by atoms with Crippen molar-refractivity contribution in [2.45, 2.75) is 156 Å². The van der Waals surface area contributed by atoms with Crippen LogP contribution in [0.4, 0.5) is 8.78 Å². The first-order valence-electron chi connectivity index (χ1n) is 27.6. The highest BCUT2D eigenvalue weighted by atomic mass is 19.1. The number of hydrogen-bond donors (Lipinski definition) is 3. The summed E-state index contributed by atoms with van der Waals surface area (Å²) >= 11 is 0. The van der Waals surface area contributed by atoms with Gasteiger partial charge in [0, 0.05) is 92.7 Å². The van der Waals surface area contributed by atoms with Crippen LogP contribution in [0.1, 0.15) is 145 Å². The molecule has 0 saturated carbocycles. The number of benzene rings is 4. The molecular formula is C66H72F2N4O9. The van der Waals surface area contributed by atoms with Crippen molar-refractivity contribution in [3.05, 3.63) is 166 Å². The first kappa shape index (κ1) is 59.6. The zero-order chi connectivity index (χ0) is 58.4. The molecule has 15 heteroatoms. The van der Waals surface area contributed by atoms with E-state index in [-0.39, 0.29) is 66.2 Å². The van der Waals surface area contributed by atoms with Gasteiger partial charge in [0.2, 0.25) is 11.8 Å². The quantitative estimate of drug-likeness (QED) is 0.0945. The minimum absolute atomic E-state index is 0.0248. The maximum Gasteiger partial charge on any atom is 0.305 e. The molecule has 81 heavy (non-hydrogen) atoms. The zero-order valence-corrected chi connectivity index (χ0v) is 47.5. The second kappa shape index (κ2) is 25.5. The normalized spacial score (nSPS) is 17.3. The Morgan fingerprint density at radius 1 is 0.667 bits per heavy atom. The first-order valence-corrected chi connectivity index (χ1v) is 27.6. The van der Waals surface area contributed by atoms with Crippen LogP contribution < -0.4 is 0 Å². The van der Waals surface area contributed by atoms with E-state index in [0.29, 0.717) is 38.0 Å². The number of rotatable bonds is 14. The number of aliphatic hydroxyl groups excluding tert-OH is 2. The van der Waals surface area contributed by atoms with Gasteiger partial charge in [0.05, 0.1) is 53.6 Å². The number of carbonyl (C=O) groups is 4. The topological polar surface area (TPSA) is 180 Å². The van der Waals surface area contributed by atoms with E-state index in [9.17, 15) is 38.2 Å². The smallest absolute Gasteiger partial charge is 0.305 e. The maximum absolute atomic E-state index is 14.1. The van der Waals surface area contributed by atoms with Crippen LogP contribution in [-0.4, -0.2) is 88.9 Å². The Hall–Kier alpha value is -7.56. The Kier molecular flexibility index (Phi) is 18.7. The average molecular weight is 1100 g/mol. The minimum Gasteiger partial charge on any atom is -0.481 e. The highest BCUT2D eigenvalue weighted by molar-refractivity contribution is 5.89. The highest BCUT2D eigenvalue weighted by Crippen LogP contribution is 2.45.